The minimum Gasteiger partial charge on any atom is -0.417 e. The highest BCUT2D eigenvalue weighted by Crippen LogP contribution is 2.27. The van der Waals surface area contributed by atoms with Gasteiger partial charge in [0.05, 0.1) is 0 Å². The minimum atomic E-state index is -1.36. The van der Waals surface area contributed by atoms with Crippen LogP contribution in [-0.2, 0) is 4.43 Å². The van der Waals surface area contributed by atoms with Crippen LogP contribution in [0.2, 0.25) is 18.1 Å². The first-order valence-electron chi connectivity index (χ1n) is 8.38. The van der Waals surface area contributed by atoms with Crippen molar-refractivity contribution in [3.05, 3.63) is 0 Å². The van der Waals surface area contributed by atoms with E-state index in [9.17, 15) is 0 Å². The summed E-state index contributed by atoms with van der Waals surface area (Å²) in [5, 5.41) is 0. The van der Waals surface area contributed by atoms with E-state index < -0.39 is 8.32 Å². The van der Waals surface area contributed by atoms with Gasteiger partial charge in [0, 0.05) is 6.61 Å². The quantitative estimate of drug-likeness (QED) is 0.289. The molecule has 0 fully saturated rings. The Hall–Kier alpha value is 0.177. The molecule has 0 rings (SSSR count). The molecule has 0 aromatic heterocycles. The molecule has 2 heteroatoms. The maximum atomic E-state index is 6.47. The Kier molecular flexibility index (Phi) is 12.3. The lowest BCUT2D eigenvalue weighted by molar-refractivity contribution is 0.283. The van der Waals surface area contributed by atoms with Crippen molar-refractivity contribution in [3.63, 3.8) is 0 Å². The fraction of sp³-hybridized carbons (Fsp3) is 1.00. The maximum absolute atomic E-state index is 6.47. The van der Waals surface area contributed by atoms with E-state index in [0.29, 0.717) is 0 Å². The Morgan fingerprint density at radius 2 is 1.11 bits per heavy atom. The van der Waals surface area contributed by atoms with Gasteiger partial charge in [-0.3, -0.25) is 0 Å². The van der Waals surface area contributed by atoms with Crippen LogP contribution in [0.5, 0.6) is 0 Å². The third-order valence-corrected chi connectivity index (χ3v) is 8.82. The van der Waals surface area contributed by atoms with E-state index in [0.717, 1.165) is 6.61 Å². The van der Waals surface area contributed by atoms with Gasteiger partial charge in [-0.2, -0.15) is 0 Å². The first-order chi connectivity index (χ1) is 8.74. The van der Waals surface area contributed by atoms with Crippen molar-refractivity contribution in [3.8, 4) is 0 Å². The second-order valence-electron chi connectivity index (χ2n) is 5.70. The second-order valence-corrected chi connectivity index (χ2v) is 9.85. The standard InChI is InChI=1S/C16H36OSi/c1-5-9-10-11-12-13-17-18(14-6-2,15-7-3)16-8-4/h5-16H2,1-4H3. The van der Waals surface area contributed by atoms with Crippen molar-refractivity contribution in [2.45, 2.75) is 97.2 Å². The highest BCUT2D eigenvalue weighted by molar-refractivity contribution is 6.73. The van der Waals surface area contributed by atoms with Crippen LogP contribution >= 0.6 is 0 Å². The molecule has 0 aromatic rings. The van der Waals surface area contributed by atoms with Crippen LogP contribution in [-0.4, -0.2) is 14.9 Å². The van der Waals surface area contributed by atoms with Gasteiger partial charge in [0.1, 0.15) is 0 Å². The molecule has 0 N–H and O–H groups in total. The minimum absolute atomic E-state index is 1.04. The summed E-state index contributed by atoms with van der Waals surface area (Å²) in [7, 11) is -1.36. The molecule has 0 heterocycles. The molecule has 0 atom stereocenters. The maximum Gasteiger partial charge on any atom is 0.192 e. The van der Waals surface area contributed by atoms with E-state index in [2.05, 4.69) is 27.7 Å². The molecular formula is C16H36OSi. The van der Waals surface area contributed by atoms with Crippen molar-refractivity contribution in [1.82, 2.24) is 0 Å². The Balaban J connectivity index is 3.97. The summed E-state index contributed by atoms with van der Waals surface area (Å²) in [6, 6.07) is 4.14. The van der Waals surface area contributed by atoms with Crippen LogP contribution in [0, 0.1) is 0 Å². The molecule has 0 amide bonds. The molecular weight excluding hydrogens is 236 g/mol. The normalized spacial score (nSPS) is 12.0. The molecule has 0 aromatic carbocycles. The van der Waals surface area contributed by atoms with Gasteiger partial charge in [0.15, 0.2) is 8.32 Å². The van der Waals surface area contributed by atoms with E-state index in [1.54, 1.807) is 0 Å². The summed E-state index contributed by atoms with van der Waals surface area (Å²) in [5.41, 5.74) is 0. The van der Waals surface area contributed by atoms with Gasteiger partial charge in [0.25, 0.3) is 0 Å². The van der Waals surface area contributed by atoms with Crippen LogP contribution in [0.1, 0.15) is 79.1 Å². The molecule has 18 heavy (non-hydrogen) atoms. The summed E-state index contributed by atoms with van der Waals surface area (Å²) >= 11 is 0. The third-order valence-electron chi connectivity index (χ3n) is 3.77. The molecule has 110 valence electrons. The third kappa shape index (κ3) is 8.31. The topological polar surface area (TPSA) is 9.23 Å². The summed E-state index contributed by atoms with van der Waals surface area (Å²) in [4.78, 5) is 0. The Morgan fingerprint density at radius 1 is 0.611 bits per heavy atom. The SMILES string of the molecule is CCCCCCCO[Si](CCC)(CCC)CCC. The van der Waals surface area contributed by atoms with E-state index in [1.807, 2.05) is 0 Å². The van der Waals surface area contributed by atoms with Crippen LogP contribution in [0.3, 0.4) is 0 Å². The zero-order valence-corrected chi connectivity index (χ0v) is 14.4. The molecule has 0 radical (unpaired) electrons. The molecule has 0 saturated heterocycles. The number of rotatable bonds is 13. The van der Waals surface area contributed by atoms with Gasteiger partial charge in [-0.05, 0) is 24.6 Å². The number of unbranched alkanes of at least 4 members (excludes halogenated alkanes) is 4. The smallest absolute Gasteiger partial charge is 0.192 e. The average molecular weight is 273 g/mol. The van der Waals surface area contributed by atoms with Gasteiger partial charge >= 0.3 is 0 Å². The van der Waals surface area contributed by atoms with Gasteiger partial charge in [0.2, 0.25) is 0 Å². The van der Waals surface area contributed by atoms with Crippen molar-refractivity contribution in [2.24, 2.45) is 0 Å². The first kappa shape index (κ1) is 18.2. The molecule has 0 unspecified atom stereocenters. The Morgan fingerprint density at radius 3 is 1.56 bits per heavy atom. The predicted octanol–water partition coefficient (Wildman–Crippen LogP) is 6.15. The lowest BCUT2D eigenvalue weighted by atomic mass is 10.2. The van der Waals surface area contributed by atoms with E-state index in [4.69, 9.17) is 4.43 Å². The van der Waals surface area contributed by atoms with Crippen molar-refractivity contribution >= 4 is 8.32 Å². The van der Waals surface area contributed by atoms with Crippen molar-refractivity contribution in [2.75, 3.05) is 6.61 Å². The molecule has 0 spiro atoms. The fourth-order valence-electron chi connectivity index (χ4n) is 2.95. The lowest BCUT2D eigenvalue weighted by Gasteiger charge is -2.31. The largest absolute Gasteiger partial charge is 0.417 e. The van der Waals surface area contributed by atoms with Crippen LogP contribution < -0.4 is 0 Å². The van der Waals surface area contributed by atoms with Gasteiger partial charge in [-0.15, -0.1) is 0 Å². The predicted molar refractivity (Wildman–Crippen MR) is 85.8 cm³/mol. The average Bonchev–Trinajstić information content (AvgIpc) is 2.35. The summed E-state index contributed by atoms with van der Waals surface area (Å²) in [6.45, 7) is 10.3. The Bertz CT molecular complexity index is 153. The van der Waals surface area contributed by atoms with E-state index >= 15 is 0 Å². The van der Waals surface area contributed by atoms with Crippen LogP contribution in [0.4, 0.5) is 0 Å². The molecule has 1 nitrogen and oxygen atoms in total. The van der Waals surface area contributed by atoms with Gasteiger partial charge in [-0.25, -0.2) is 0 Å². The molecule has 0 bridgehead atoms. The number of hydrogen-bond donors (Lipinski definition) is 0. The number of hydrogen-bond acceptors (Lipinski definition) is 1. The van der Waals surface area contributed by atoms with Gasteiger partial charge in [-0.1, -0.05) is 72.6 Å². The second kappa shape index (κ2) is 12.2. The fourth-order valence-corrected chi connectivity index (χ4v) is 7.45. The molecule has 0 saturated carbocycles. The zero-order valence-electron chi connectivity index (χ0n) is 13.4. The first-order valence-corrected chi connectivity index (χ1v) is 10.9. The molecule has 0 aliphatic rings. The van der Waals surface area contributed by atoms with Crippen molar-refractivity contribution < 1.29 is 4.43 Å². The monoisotopic (exact) mass is 272 g/mol. The van der Waals surface area contributed by atoms with Crippen molar-refractivity contribution in [1.29, 1.82) is 0 Å². The Labute approximate surface area is 117 Å². The lowest BCUT2D eigenvalue weighted by Crippen LogP contribution is -2.38. The van der Waals surface area contributed by atoms with Crippen LogP contribution in [0.25, 0.3) is 0 Å². The zero-order chi connectivity index (χ0) is 13.7. The summed E-state index contributed by atoms with van der Waals surface area (Å²) in [6.07, 6.45) is 10.7. The summed E-state index contributed by atoms with van der Waals surface area (Å²) < 4.78 is 6.47. The summed E-state index contributed by atoms with van der Waals surface area (Å²) in [5.74, 6) is 0. The van der Waals surface area contributed by atoms with Crippen LogP contribution in [0.15, 0.2) is 0 Å². The highest BCUT2D eigenvalue weighted by atomic mass is 28.4. The molecule has 0 aliphatic carbocycles. The van der Waals surface area contributed by atoms with Gasteiger partial charge < -0.3 is 4.43 Å². The van der Waals surface area contributed by atoms with E-state index in [1.165, 1.54) is 69.5 Å². The molecule has 0 aliphatic heterocycles. The van der Waals surface area contributed by atoms with E-state index in [-0.39, 0.29) is 0 Å². The highest BCUT2D eigenvalue weighted by Gasteiger charge is 2.31.